The standard InChI is InChI=1S/C7H4BrF2IN2O/c8-5-3(6(9)10)4(11)2(1-13-5)7(12)14/h1,6H,(H2,12,14). The SMILES string of the molecule is NC(=O)c1cnc(Br)c(C(F)F)c1I. The summed E-state index contributed by atoms with van der Waals surface area (Å²) >= 11 is 4.53. The third kappa shape index (κ3) is 2.19. The number of halogens is 4. The van der Waals surface area contributed by atoms with Gasteiger partial charge in [-0.1, -0.05) is 0 Å². The van der Waals surface area contributed by atoms with E-state index >= 15 is 0 Å². The van der Waals surface area contributed by atoms with Gasteiger partial charge in [-0.05, 0) is 38.5 Å². The third-order valence-electron chi connectivity index (χ3n) is 1.49. The van der Waals surface area contributed by atoms with E-state index in [-0.39, 0.29) is 19.3 Å². The minimum absolute atomic E-state index is 0.00380. The number of carbonyl (C=O) groups is 1. The van der Waals surface area contributed by atoms with Crippen molar-refractivity contribution in [1.82, 2.24) is 4.98 Å². The summed E-state index contributed by atoms with van der Waals surface area (Å²) in [6.45, 7) is 0. The van der Waals surface area contributed by atoms with Crippen LogP contribution in [0.1, 0.15) is 22.3 Å². The van der Waals surface area contributed by atoms with Crippen LogP contribution in [0.3, 0.4) is 0 Å². The fraction of sp³-hybridized carbons (Fsp3) is 0.143. The summed E-state index contributed by atoms with van der Waals surface area (Å²) in [5.41, 5.74) is 4.69. The van der Waals surface area contributed by atoms with Crippen molar-refractivity contribution in [2.45, 2.75) is 6.43 Å². The van der Waals surface area contributed by atoms with Gasteiger partial charge in [-0.15, -0.1) is 0 Å². The van der Waals surface area contributed by atoms with E-state index in [0.717, 1.165) is 0 Å². The highest BCUT2D eigenvalue weighted by atomic mass is 127. The molecule has 3 nitrogen and oxygen atoms in total. The van der Waals surface area contributed by atoms with Crippen LogP contribution < -0.4 is 5.73 Å². The molecule has 0 saturated carbocycles. The topological polar surface area (TPSA) is 56.0 Å². The van der Waals surface area contributed by atoms with Crippen LogP contribution in [-0.2, 0) is 0 Å². The first-order valence-corrected chi connectivity index (χ1v) is 5.24. The first kappa shape index (κ1) is 11.8. The first-order valence-electron chi connectivity index (χ1n) is 3.37. The predicted molar refractivity (Wildman–Crippen MR) is 58.1 cm³/mol. The molecule has 1 heterocycles. The van der Waals surface area contributed by atoms with Crippen molar-refractivity contribution in [1.29, 1.82) is 0 Å². The van der Waals surface area contributed by atoms with Crippen LogP contribution in [0.15, 0.2) is 10.8 Å². The van der Waals surface area contributed by atoms with Gasteiger partial charge in [0.2, 0.25) is 0 Å². The Bertz CT molecular complexity index is 386. The number of carbonyl (C=O) groups excluding carboxylic acids is 1. The minimum atomic E-state index is -2.69. The van der Waals surface area contributed by atoms with Crippen LogP contribution in [0.4, 0.5) is 8.78 Å². The van der Waals surface area contributed by atoms with Crippen molar-refractivity contribution < 1.29 is 13.6 Å². The van der Waals surface area contributed by atoms with Gasteiger partial charge >= 0.3 is 0 Å². The Balaban J connectivity index is 3.41. The Morgan fingerprint density at radius 2 is 2.21 bits per heavy atom. The molecule has 7 heteroatoms. The quantitative estimate of drug-likeness (QED) is 0.636. The van der Waals surface area contributed by atoms with Gasteiger partial charge in [0.05, 0.1) is 11.1 Å². The fourth-order valence-corrected chi connectivity index (χ4v) is 2.58. The Hall–Kier alpha value is -0.310. The number of rotatable bonds is 2. The van der Waals surface area contributed by atoms with Gasteiger partial charge in [0.25, 0.3) is 12.3 Å². The molecule has 1 aromatic rings. The van der Waals surface area contributed by atoms with E-state index in [2.05, 4.69) is 20.9 Å². The van der Waals surface area contributed by atoms with Gasteiger partial charge in [0.1, 0.15) is 4.60 Å². The highest BCUT2D eigenvalue weighted by Crippen LogP contribution is 2.31. The number of aromatic nitrogens is 1. The van der Waals surface area contributed by atoms with Gasteiger partial charge in [0.15, 0.2) is 0 Å². The summed E-state index contributed by atoms with van der Waals surface area (Å²) in [7, 11) is 0. The molecule has 0 aliphatic rings. The van der Waals surface area contributed by atoms with Crippen LogP contribution in [-0.4, -0.2) is 10.9 Å². The van der Waals surface area contributed by atoms with Crippen molar-refractivity contribution in [3.8, 4) is 0 Å². The second-order valence-corrected chi connectivity index (χ2v) is 4.19. The summed E-state index contributed by atoms with van der Waals surface area (Å²) in [5, 5.41) is 0. The maximum absolute atomic E-state index is 12.5. The molecule has 0 fully saturated rings. The van der Waals surface area contributed by atoms with Gasteiger partial charge in [0, 0.05) is 9.77 Å². The smallest absolute Gasteiger partial charge is 0.267 e. The molecule has 0 aromatic carbocycles. The Morgan fingerprint density at radius 3 is 2.64 bits per heavy atom. The fourth-order valence-electron chi connectivity index (χ4n) is 0.841. The average molecular weight is 377 g/mol. The summed E-state index contributed by atoms with van der Waals surface area (Å²) in [5.74, 6) is -0.767. The number of hydrogen-bond acceptors (Lipinski definition) is 2. The zero-order chi connectivity index (χ0) is 10.9. The van der Waals surface area contributed by atoms with Crippen molar-refractivity contribution >= 4 is 44.4 Å². The molecule has 0 atom stereocenters. The molecule has 0 aliphatic heterocycles. The second kappa shape index (κ2) is 4.47. The molecule has 0 radical (unpaired) electrons. The number of amides is 1. The Labute approximate surface area is 100 Å². The lowest BCUT2D eigenvalue weighted by Crippen LogP contribution is -2.15. The number of nitrogens with zero attached hydrogens (tertiary/aromatic N) is 1. The zero-order valence-corrected chi connectivity index (χ0v) is 10.3. The van der Waals surface area contributed by atoms with E-state index in [9.17, 15) is 13.6 Å². The molecular formula is C7H4BrF2IN2O. The molecule has 1 rings (SSSR count). The van der Waals surface area contributed by atoms with E-state index in [0.29, 0.717) is 0 Å². The number of hydrogen-bond donors (Lipinski definition) is 1. The minimum Gasteiger partial charge on any atom is -0.366 e. The number of alkyl halides is 2. The summed E-state index contributed by atoms with van der Waals surface area (Å²) < 4.78 is 25.2. The molecule has 0 bridgehead atoms. The van der Waals surface area contributed by atoms with Gasteiger partial charge in [-0.25, -0.2) is 13.8 Å². The van der Waals surface area contributed by atoms with Crippen molar-refractivity contribution in [2.75, 3.05) is 0 Å². The Morgan fingerprint density at radius 1 is 1.64 bits per heavy atom. The van der Waals surface area contributed by atoms with Gasteiger partial charge < -0.3 is 5.73 Å². The largest absolute Gasteiger partial charge is 0.366 e. The summed E-state index contributed by atoms with van der Waals surface area (Å²) in [6, 6.07) is 0. The maximum atomic E-state index is 12.5. The van der Waals surface area contributed by atoms with Crippen LogP contribution >= 0.6 is 38.5 Å². The van der Waals surface area contributed by atoms with E-state index < -0.39 is 12.3 Å². The molecule has 2 N–H and O–H groups in total. The van der Waals surface area contributed by atoms with E-state index in [4.69, 9.17) is 5.73 Å². The molecular weight excluding hydrogens is 373 g/mol. The molecule has 1 aromatic heterocycles. The molecule has 0 saturated heterocycles. The predicted octanol–water partition coefficient (Wildman–Crippen LogP) is 2.49. The van der Waals surface area contributed by atoms with Crippen LogP contribution in [0.25, 0.3) is 0 Å². The van der Waals surface area contributed by atoms with Crippen molar-refractivity contribution in [2.24, 2.45) is 5.73 Å². The van der Waals surface area contributed by atoms with Gasteiger partial charge in [-0.2, -0.15) is 0 Å². The lowest BCUT2D eigenvalue weighted by Gasteiger charge is -2.07. The Kier molecular flexibility index (Phi) is 3.76. The lowest BCUT2D eigenvalue weighted by molar-refractivity contribution is 0.0998. The molecule has 0 unspecified atom stereocenters. The first-order chi connectivity index (χ1) is 6.45. The van der Waals surface area contributed by atoms with E-state index in [1.165, 1.54) is 6.20 Å². The lowest BCUT2D eigenvalue weighted by atomic mass is 10.2. The van der Waals surface area contributed by atoms with Crippen molar-refractivity contribution in [3.63, 3.8) is 0 Å². The number of nitrogens with two attached hydrogens (primary N) is 1. The number of pyridine rings is 1. The highest BCUT2D eigenvalue weighted by Gasteiger charge is 2.21. The molecule has 76 valence electrons. The van der Waals surface area contributed by atoms with Crippen LogP contribution in [0.2, 0.25) is 0 Å². The van der Waals surface area contributed by atoms with E-state index in [1.807, 2.05) is 0 Å². The van der Waals surface area contributed by atoms with Crippen LogP contribution in [0.5, 0.6) is 0 Å². The normalized spacial score (nSPS) is 10.6. The molecule has 0 spiro atoms. The average Bonchev–Trinajstić information content (AvgIpc) is 2.02. The van der Waals surface area contributed by atoms with Crippen LogP contribution in [0, 0.1) is 3.57 Å². The molecule has 0 aliphatic carbocycles. The second-order valence-electron chi connectivity index (χ2n) is 2.36. The zero-order valence-electron chi connectivity index (χ0n) is 6.60. The molecule has 1 amide bonds. The van der Waals surface area contributed by atoms with E-state index in [1.54, 1.807) is 22.6 Å². The highest BCUT2D eigenvalue weighted by molar-refractivity contribution is 14.1. The third-order valence-corrected chi connectivity index (χ3v) is 3.28. The molecule has 14 heavy (non-hydrogen) atoms. The summed E-state index contributed by atoms with van der Waals surface area (Å²) in [4.78, 5) is 14.4. The number of primary amides is 1. The van der Waals surface area contributed by atoms with Gasteiger partial charge in [-0.3, -0.25) is 4.79 Å². The maximum Gasteiger partial charge on any atom is 0.267 e. The monoisotopic (exact) mass is 376 g/mol. The van der Waals surface area contributed by atoms with Crippen molar-refractivity contribution in [3.05, 3.63) is 25.5 Å². The summed E-state index contributed by atoms with van der Waals surface area (Å²) in [6.07, 6.45) is -1.52.